The Morgan fingerprint density at radius 3 is 3.04 bits per heavy atom. The van der Waals surface area contributed by atoms with Gasteiger partial charge in [0.2, 0.25) is 5.91 Å². The average molecular weight is 331 g/mol. The van der Waals surface area contributed by atoms with Gasteiger partial charge in [0.15, 0.2) is 0 Å². The zero-order chi connectivity index (χ0) is 16.2. The van der Waals surface area contributed by atoms with Crippen LogP contribution >= 0.6 is 11.3 Å². The largest absolute Gasteiger partial charge is 0.351 e. The van der Waals surface area contributed by atoms with Crippen molar-refractivity contribution in [1.82, 2.24) is 25.2 Å². The molecule has 6 nitrogen and oxygen atoms in total. The first-order valence-electron chi connectivity index (χ1n) is 7.83. The smallest absolute Gasteiger partial charge is 0.217 e. The van der Waals surface area contributed by atoms with E-state index < -0.39 is 0 Å². The van der Waals surface area contributed by atoms with Crippen molar-refractivity contribution in [2.24, 2.45) is 0 Å². The number of aryl methyl sites for hydroxylation is 1. The van der Waals surface area contributed by atoms with Crippen LogP contribution in [-0.2, 0) is 17.9 Å². The molecular weight excluding hydrogens is 310 g/mol. The van der Waals surface area contributed by atoms with Gasteiger partial charge in [0.1, 0.15) is 5.82 Å². The molecular formula is C16H21N5OS. The molecule has 7 heteroatoms. The van der Waals surface area contributed by atoms with Gasteiger partial charge in [-0.2, -0.15) is 0 Å². The molecule has 1 amide bonds. The van der Waals surface area contributed by atoms with E-state index in [1.807, 2.05) is 13.0 Å². The fourth-order valence-corrected chi connectivity index (χ4v) is 3.49. The lowest BCUT2D eigenvalue weighted by Crippen LogP contribution is -2.25. The van der Waals surface area contributed by atoms with Gasteiger partial charge in [-0.05, 0) is 32.4 Å². The molecule has 1 aliphatic heterocycles. The number of hydrogen-bond acceptors (Lipinski definition) is 6. The fraction of sp³-hybridized carbons (Fsp3) is 0.500. The van der Waals surface area contributed by atoms with E-state index in [1.54, 1.807) is 17.5 Å². The third kappa shape index (κ3) is 4.11. The molecule has 3 rings (SSSR count). The van der Waals surface area contributed by atoms with Crippen molar-refractivity contribution in [1.29, 1.82) is 0 Å². The summed E-state index contributed by atoms with van der Waals surface area (Å²) in [4.78, 5) is 27.1. The molecule has 0 radical (unpaired) electrons. The van der Waals surface area contributed by atoms with Crippen LogP contribution in [0, 0.1) is 6.92 Å². The van der Waals surface area contributed by atoms with Gasteiger partial charge in [-0.15, -0.1) is 11.3 Å². The third-order valence-electron chi connectivity index (χ3n) is 3.94. The highest BCUT2D eigenvalue weighted by Crippen LogP contribution is 2.31. The highest BCUT2D eigenvalue weighted by Gasteiger charge is 2.28. The van der Waals surface area contributed by atoms with Gasteiger partial charge in [-0.3, -0.25) is 9.69 Å². The highest BCUT2D eigenvalue weighted by molar-refractivity contribution is 7.09. The zero-order valence-corrected chi connectivity index (χ0v) is 14.3. The van der Waals surface area contributed by atoms with E-state index in [4.69, 9.17) is 0 Å². The molecule has 122 valence electrons. The molecule has 1 unspecified atom stereocenters. The van der Waals surface area contributed by atoms with Gasteiger partial charge in [0.05, 0.1) is 29.0 Å². The molecule has 1 atom stereocenters. The van der Waals surface area contributed by atoms with E-state index in [0.29, 0.717) is 6.54 Å². The molecule has 1 aliphatic rings. The number of nitrogens with zero attached hydrogens (tertiary/aromatic N) is 4. The van der Waals surface area contributed by atoms with E-state index in [-0.39, 0.29) is 11.9 Å². The molecule has 2 aromatic heterocycles. The fourth-order valence-electron chi connectivity index (χ4n) is 2.88. The first-order chi connectivity index (χ1) is 11.1. The Labute approximate surface area is 140 Å². The molecule has 3 heterocycles. The summed E-state index contributed by atoms with van der Waals surface area (Å²) in [6.07, 6.45) is 3.99. The van der Waals surface area contributed by atoms with Gasteiger partial charge >= 0.3 is 0 Å². The second-order valence-corrected chi connectivity index (χ2v) is 6.86. The highest BCUT2D eigenvalue weighted by atomic mass is 32.1. The standard InChI is InChI=1S/C16H21N5OS/c1-11(22)18-8-13-5-6-17-16(20-13)15-4-3-7-21(15)9-14-10-23-12(2)19-14/h5-6,10,15H,3-4,7-9H2,1-2H3,(H,18,22). The van der Waals surface area contributed by atoms with Crippen LogP contribution < -0.4 is 5.32 Å². The molecule has 0 bridgehead atoms. The molecule has 2 aromatic rings. The Hall–Kier alpha value is -1.86. The number of likely N-dealkylation sites (tertiary alicyclic amines) is 1. The molecule has 0 spiro atoms. The SMILES string of the molecule is CC(=O)NCc1ccnc(C2CCCN2Cc2csc(C)n2)n1. The maximum Gasteiger partial charge on any atom is 0.217 e. The van der Waals surface area contributed by atoms with Gasteiger partial charge < -0.3 is 5.32 Å². The second kappa shape index (κ2) is 7.14. The van der Waals surface area contributed by atoms with Crippen molar-refractivity contribution >= 4 is 17.2 Å². The van der Waals surface area contributed by atoms with Crippen molar-refractivity contribution in [2.75, 3.05) is 6.54 Å². The molecule has 0 aliphatic carbocycles. The minimum atomic E-state index is -0.0495. The minimum Gasteiger partial charge on any atom is -0.351 e. The van der Waals surface area contributed by atoms with Crippen LogP contribution in [0.3, 0.4) is 0 Å². The van der Waals surface area contributed by atoms with Crippen LogP contribution in [0.25, 0.3) is 0 Å². The summed E-state index contributed by atoms with van der Waals surface area (Å²) in [6.45, 7) is 5.87. The molecule has 0 aromatic carbocycles. The van der Waals surface area contributed by atoms with Crippen molar-refractivity contribution in [3.63, 3.8) is 0 Å². The summed E-state index contributed by atoms with van der Waals surface area (Å²) in [5.74, 6) is 0.795. The summed E-state index contributed by atoms with van der Waals surface area (Å²) in [5.41, 5.74) is 1.97. The Morgan fingerprint density at radius 1 is 1.43 bits per heavy atom. The number of hydrogen-bond donors (Lipinski definition) is 1. The Morgan fingerprint density at radius 2 is 2.30 bits per heavy atom. The topological polar surface area (TPSA) is 71.0 Å². The predicted molar refractivity (Wildman–Crippen MR) is 88.8 cm³/mol. The van der Waals surface area contributed by atoms with E-state index >= 15 is 0 Å². The molecule has 0 saturated carbocycles. The number of thiazole rings is 1. The summed E-state index contributed by atoms with van der Waals surface area (Å²) in [6, 6.07) is 2.08. The quantitative estimate of drug-likeness (QED) is 0.909. The average Bonchev–Trinajstić information content (AvgIpc) is 3.15. The summed E-state index contributed by atoms with van der Waals surface area (Å²) < 4.78 is 0. The first kappa shape index (κ1) is 16.0. The summed E-state index contributed by atoms with van der Waals surface area (Å²) >= 11 is 1.69. The van der Waals surface area contributed by atoms with Crippen LogP contribution in [0.2, 0.25) is 0 Å². The molecule has 1 N–H and O–H groups in total. The van der Waals surface area contributed by atoms with E-state index in [9.17, 15) is 4.79 Å². The summed E-state index contributed by atoms with van der Waals surface area (Å²) in [7, 11) is 0. The van der Waals surface area contributed by atoms with Crippen LogP contribution in [-0.4, -0.2) is 32.3 Å². The molecule has 1 saturated heterocycles. The third-order valence-corrected chi connectivity index (χ3v) is 4.77. The Kier molecular flexibility index (Phi) is 4.97. The lowest BCUT2D eigenvalue weighted by atomic mass is 10.2. The van der Waals surface area contributed by atoms with Crippen molar-refractivity contribution in [3.05, 3.63) is 39.9 Å². The van der Waals surface area contributed by atoms with Crippen molar-refractivity contribution < 1.29 is 4.79 Å². The van der Waals surface area contributed by atoms with Gasteiger partial charge in [0, 0.05) is 25.0 Å². The number of nitrogens with one attached hydrogen (secondary N) is 1. The maximum absolute atomic E-state index is 11.0. The lowest BCUT2D eigenvalue weighted by Gasteiger charge is -2.22. The minimum absolute atomic E-state index is 0.0495. The van der Waals surface area contributed by atoms with Crippen LogP contribution in [0.1, 0.15) is 48.0 Å². The number of amides is 1. The van der Waals surface area contributed by atoms with E-state index in [1.165, 1.54) is 6.92 Å². The van der Waals surface area contributed by atoms with Crippen molar-refractivity contribution in [2.45, 2.75) is 45.8 Å². The Bertz CT molecular complexity index is 687. The van der Waals surface area contributed by atoms with Gasteiger partial charge in [-0.1, -0.05) is 0 Å². The normalized spacial score (nSPS) is 18.3. The predicted octanol–water partition coefficient (Wildman–Crippen LogP) is 2.21. The maximum atomic E-state index is 11.0. The summed E-state index contributed by atoms with van der Waals surface area (Å²) in [5, 5.41) is 6.01. The van der Waals surface area contributed by atoms with Crippen molar-refractivity contribution in [3.8, 4) is 0 Å². The van der Waals surface area contributed by atoms with E-state index in [0.717, 1.165) is 48.2 Å². The number of aromatic nitrogens is 3. The number of rotatable bonds is 5. The van der Waals surface area contributed by atoms with Crippen LogP contribution in [0.15, 0.2) is 17.6 Å². The zero-order valence-electron chi connectivity index (χ0n) is 13.5. The monoisotopic (exact) mass is 331 g/mol. The Balaban J connectivity index is 1.71. The molecule has 23 heavy (non-hydrogen) atoms. The van der Waals surface area contributed by atoms with Crippen LogP contribution in [0.5, 0.6) is 0 Å². The number of carbonyl (C=O) groups excluding carboxylic acids is 1. The lowest BCUT2D eigenvalue weighted by molar-refractivity contribution is -0.119. The first-order valence-corrected chi connectivity index (χ1v) is 8.71. The van der Waals surface area contributed by atoms with E-state index in [2.05, 4.69) is 30.5 Å². The molecule has 1 fully saturated rings. The van der Waals surface area contributed by atoms with Gasteiger partial charge in [0.25, 0.3) is 0 Å². The van der Waals surface area contributed by atoms with Crippen LogP contribution in [0.4, 0.5) is 0 Å². The number of carbonyl (C=O) groups is 1. The van der Waals surface area contributed by atoms with Gasteiger partial charge in [-0.25, -0.2) is 15.0 Å². The second-order valence-electron chi connectivity index (χ2n) is 5.80.